The molecule has 5 nitrogen and oxygen atoms in total. The maximum absolute atomic E-state index is 12.2. The smallest absolute Gasteiger partial charge is 0.410 e. The van der Waals surface area contributed by atoms with Crippen molar-refractivity contribution < 1.29 is 14.1 Å². The highest BCUT2D eigenvalue weighted by molar-refractivity contribution is 7.90. The summed E-state index contributed by atoms with van der Waals surface area (Å²) < 4.78 is 20.7. The molecule has 0 spiro atoms. The van der Waals surface area contributed by atoms with Crippen molar-refractivity contribution in [2.24, 2.45) is 5.92 Å². The van der Waals surface area contributed by atoms with E-state index in [1.165, 1.54) is 0 Å². The Morgan fingerprint density at radius 3 is 2.35 bits per heavy atom. The Balaban J connectivity index is 2.53. The van der Waals surface area contributed by atoms with Crippen LogP contribution in [0, 0.1) is 5.92 Å². The SMILES string of the molecule is CC(N[S@+]([O-])C(C)(C)C)C1CCCN(C(=O)OC(C)(C)C)CC1. The van der Waals surface area contributed by atoms with Gasteiger partial charge in [-0.05, 0) is 73.6 Å². The molecule has 0 aromatic rings. The molecule has 0 saturated carbocycles. The molecule has 1 fully saturated rings. The predicted octanol–water partition coefficient (Wildman–Crippen LogP) is 3.46. The van der Waals surface area contributed by atoms with Crippen molar-refractivity contribution in [3.05, 3.63) is 0 Å². The molecular formula is C17H34N2O3S. The van der Waals surface area contributed by atoms with Crippen LogP contribution in [0.2, 0.25) is 0 Å². The molecule has 0 aromatic carbocycles. The van der Waals surface area contributed by atoms with Gasteiger partial charge in [-0.25, -0.2) is 4.79 Å². The van der Waals surface area contributed by atoms with E-state index in [0.29, 0.717) is 12.5 Å². The van der Waals surface area contributed by atoms with Crippen molar-refractivity contribution in [3.8, 4) is 0 Å². The zero-order valence-electron chi connectivity index (χ0n) is 15.8. The fourth-order valence-corrected chi connectivity index (χ4v) is 3.46. The van der Waals surface area contributed by atoms with E-state index >= 15 is 0 Å². The van der Waals surface area contributed by atoms with E-state index < -0.39 is 17.0 Å². The second kappa shape index (κ2) is 8.08. The minimum atomic E-state index is -1.06. The summed E-state index contributed by atoms with van der Waals surface area (Å²) in [6.45, 7) is 15.1. The van der Waals surface area contributed by atoms with Crippen LogP contribution in [0.25, 0.3) is 0 Å². The van der Waals surface area contributed by atoms with Crippen molar-refractivity contribution in [1.29, 1.82) is 0 Å². The van der Waals surface area contributed by atoms with Crippen molar-refractivity contribution >= 4 is 17.5 Å². The van der Waals surface area contributed by atoms with Crippen molar-refractivity contribution in [2.75, 3.05) is 13.1 Å². The molecule has 6 heteroatoms. The highest BCUT2D eigenvalue weighted by Gasteiger charge is 2.32. The summed E-state index contributed by atoms with van der Waals surface area (Å²) >= 11 is -1.06. The van der Waals surface area contributed by atoms with E-state index in [2.05, 4.69) is 11.6 Å². The molecule has 1 amide bonds. The number of carbonyl (C=O) groups is 1. The molecular weight excluding hydrogens is 312 g/mol. The van der Waals surface area contributed by atoms with Crippen LogP contribution >= 0.6 is 0 Å². The van der Waals surface area contributed by atoms with E-state index in [4.69, 9.17) is 4.74 Å². The molecule has 0 aliphatic carbocycles. The van der Waals surface area contributed by atoms with Crippen LogP contribution in [0.3, 0.4) is 0 Å². The first-order valence-corrected chi connectivity index (χ1v) is 9.71. The molecule has 1 aliphatic rings. The van der Waals surface area contributed by atoms with Crippen LogP contribution in [0.5, 0.6) is 0 Å². The monoisotopic (exact) mass is 346 g/mol. The minimum Gasteiger partial charge on any atom is -0.598 e. The van der Waals surface area contributed by atoms with E-state index in [1.807, 2.05) is 41.5 Å². The van der Waals surface area contributed by atoms with Crippen LogP contribution < -0.4 is 4.72 Å². The lowest BCUT2D eigenvalue weighted by molar-refractivity contribution is 0.0254. The Labute approximate surface area is 144 Å². The third-order valence-corrected chi connectivity index (χ3v) is 5.68. The van der Waals surface area contributed by atoms with E-state index in [1.54, 1.807) is 4.90 Å². The number of likely N-dealkylation sites (tertiary alicyclic amines) is 1. The van der Waals surface area contributed by atoms with Gasteiger partial charge in [0.25, 0.3) is 0 Å². The summed E-state index contributed by atoms with van der Waals surface area (Å²) in [5.41, 5.74) is -0.457. The standard InChI is InChI=1S/C17H34N2O3S/c1-13(18-23(21)17(5,6)7)14-9-8-11-19(12-10-14)15(20)22-16(2,3)4/h13-14,18H,8-12H2,1-7H3/t13?,14?,23-/m1/s1. The summed E-state index contributed by atoms with van der Waals surface area (Å²) in [5, 5.41) is 0. The van der Waals surface area contributed by atoms with Crippen molar-refractivity contribution in [1.82, 2.24) is 9.62 Å². The summed E-state index contributed by atoms with van der Waals surface area (Å²) in [6.07, 6.45) is 2.68. The van der Waals surface area contributed by atoms with E-state index in [-0.39, 0.29) is 16.9 Å². The third kappa shape index (κ3) is 7.31. The van der Waals surface area contributed by atoms with Crippen LogP contribution in [-0.2, 0) is 16.1 Å². The van der Waals surface area contributed by atoms with Crippen LogP contribution in [0.4, 0.5) is 4.79 Å². The van der Waals surface area contributed by atoms with Gasteiger partial charge in [0, 0.05) is 24.5 Å². The fourth-order valence-electron chi connectivity index (χ4n) is 2.57. The number of hydrogen-bond donors (Lipinski definition) is 1. The molecule has 136 valence electrons. The number of amides is 1. The first-order valence-electron chi connectivity index (χ1n) is 8.56. The highest BCUT2D eigenvalue weighted by atomic mass is 32.2. The topological polar surface area (TPSA) is 64.6 Å². The van der Waals surface area contributed by atoms with Gasteiger partial charge in [0.1, 0.15) is 10.3 Å². The van der Waals surface area contributed by atoms with Gasteiger partial charge in [0.15, 0.2) is 0 Å². The van der Waals surface area contributed by atoms with Gasteiger partial charge in [0.2, 0.25) is 0 Å². The molecule has 1 rings (SSSR count). The normalized spacial score (nSPS) is 23.1. The number of nitrogens with one attached hydrogen (secondary N) is 1. The predicted molar refractivity (Wildman–Crippen MR) is 95.6 cm³/mol. The lowest BCUT2D eigenvalue weighted by Gasteiger charge is -2.30. The lowest BCUT2D eigenvalue weighted by atomic mass is 9.94. The molecule has 23 heavy (non-hydrogen) atoms. The van der Waals surface area contributed by atoms with Gasteiger partial charge in [-0.2, -0.15) is 0 Å². The van der Waals surface area contributed by atoms with Crippen molar-refractivity contribution in [2.45, 2.75) is 84.1 Å². The van der Waals surface area contributed by atoms with Gasteiger partial charge in [-0.1, -0.05) is 0 Å². The molecule has 0 aromatic heterocycles. The van der Waals surface area contributed by atoms with E-state index in [0.717, 1.165) is 25.8 Å². The number of hydrogen-bond acceptors (Lipinski definition) is 4. The number of nitrogens with zero attached hydrogens (tertiary/aromatic N) is 1. The largest absolute Gasteiger partial charge is 0.598 e. The Morgan fingerprint density at radius 2 is 1.83 bits per heavy atom. The van der Waals surface area contributed by atoms with Gasteiger partial charge in [-0.3, -0.25) is 0 Å². The van der Waals surface area contributed by atoms with Crippen molar-refractivity contribution in [3.63, 3.8) is 0 Å². The van der Waals surface area contributed by atoms with Crippen LogP contribution in [-0.4, -0.2) is 45.0 Å². The Morgan fingerprint density at radius 1 is 1.22 bits per heavy atom. The quantitative estimate of drug-likeness (QED) is 0.795. The second-order valence-corrected chi connectivity index (χ2v) is 10.4. The number of carbonyl (C=O) groups excluding carboxylic acids is 1. The Kier molecular flexibility index (Phi) is 7.23. The van der Waals surface area contributed by atoms with Gasteiger partial charge < -0.3 is 14.2 Å². The number of rotatable bonds is 3. The summed E-state index contributed by atoms with van der Waals surface area (Å²) in [5.74, 6) is 0.425. The third-order valence-electron chi connectivity index (χ3n) is 3.98. The number of ether oxygens (including phenoxy) is 1. The van der Waals surface area contributed by atoms with Crippen LogP contribution in [0.1, 0.15) is 67.7 Å². The maximum atomic E-state index is 12.2. The Hall–Kier alpha value is -0.460. The van der Waals surface area contributed by atoms with E-state index in [9.17, 15) is 9.35 Å². The Bertz CT molecular complexity index is 390. The first-order chi connectivity index (χ1) is 10.4. The highest BCUT2D eigenvalue weighted by Crippen LogP contribution is 2.24. The van der Waals surface area contributed by atoms with Gasteiger partial charge in [-0.15, -0.1) is 4.72 Å². The molecule has 3 atom stereocenters. The maximum Gasteiger partial charge on any atom is 0.410 e. The van der Waals surface area contributed by atoms with Gasteiger partial charge in [0.05, 0.1) is 6.04 Å². The average molecular weight is 347 g/mol. The molecule has 2 unspecified atom stereocenters. The molecule has 0 bridgehead atoms. The average Bonchev–Trinajstić information content (AvgIpc) is 2.61. The summed E-state index contributed by atoms with van der Waals surface area (Å²) in [4.78, 5) is 14.0. The molecule has 1 N–H and O–H groups in total. The fraction of sp³-hybridized carbons (Fsp3) is 0.941. The minimum absolute atomic E-state index is 0.175. The summed E-state index contributed by atoms with van der Waals surface area (Å²) in [6, 6.07) is 0.175. The molecule has 0 radical (unpaired) electrons. The summed E-state index contributed by atoms with van der Waals surface area (Å²) in [7, 11) is 0. The lowest BCUT2D eigenvalue weighted by Crippen LogP contribution is -2.46. The molecule has 1 aliphatic heterocycles. The molecule has 1 heterocycles. The zero-order valence-corrected chi connectivity index (χ0v) is 16.6. The first kappa shape index (κ1) is 20.6. The van der Waals surface area contributed by atoms with Gasteiger partial charge >= 0.3 is 6.09 Å². The van der Waals surface area contributed by atoms with Crippen LogP contribution in [0.15, 0.2) is 0 Å². The second-order valence-electron chi connectivity index (χ2n) is 8.45. The molecule has 1 saturated heterocycles. The zero-order chi connectivity index (χ0) is 17.8.